The van der Waals surface area contributed by atoms with E-state index in [0.717, 1.165) is 39.0 Å². The van der Waals surface area contributed by atoms with Crippen LogP contribution in [0.15, 0.2) is 40.6 Å². The number of aromatic nitrogens is 5. The Labute approximate surface area is 197 Å². The molecular weight excluding hydrogens is 434 g/mol. The Balaban J connectivity index is 1.73. The van der Waals surface area contributed by atoms with Crippen molar-refractivity contribution in [3.8, 4) is 22.8 Å². The monoisotopic (exact) mass is 461 g/mol. The zero-order valence-electron chi connectivity index (χ0n) is 19.7. The Kier molecular flexibility index (Phi) is 6.37. The van der Waals surface area contributed by atoms with Gasteiger partial charge in [0, 0.05) is 23.1 Å². The number of ether oxygens (including phenoxy) is 1. The van der Waals surface area contributed by atoms with E-state index < -0.39 is 0 Å². The largest absolute Gasteiger partial charge is 0.471 e. The standard InChI is InChI=1S/C25H27N5O2S/c1-14(2)23-26-10-9-21(29-23)19-8-7-15(3)22(11-19)30-17(5)27-24(16(4)25(30)31)32-12-20-13-33-18(6)28-20/h7-11,13-14H,12H2,1-6H3. The highest BCUT2D eigenvalue weighted by Gasteiger charge is 2.17. The van der Waals surface area contributed by atoms with E-state index in [4.69, 9.17) is 9.72 Å². The third kappa shape index (κ3) is 4.71. The average Bonchev–Trinajstić information content (AvgIpc) is 3.21. The fourth-order valence-electron chi connectivity index (χ4n) is 3.55. The second-order valence-corrected chi connectivity index (χ2v) is 9.39. The van der Waals surface area contributed by atoms with Gasteiger partial charge in [0.2, 0.25) is 5.88 Å². The predicted octanol–water partition coefficient (Wildman–Crippen LogP) is 5.08. The Morgan fingerprint density at radius 1 is 1.06 bits per heavy atom. The van der Waals surface area contributed by atoms with Crippen LogP contribution in [0.1, 0.15) is 53.2 Å². The third-order valence-electron chi connectivity index (χ3n) is 5.39. The Morgan fingerprint density at radius 3 is 2.55 bits per heavy atom. The van der Waals surface area contributed by atoms with Gasteiger partial charge in [0.25, 0.3) is 5.56 Å². The van der Waals surface area contributed by atoms with Crippen molar-refractivity contribution in [3.63, 3.8) is 0 Å². The lowest BCUT2D eigenvalue weighted by Crippen LogP contribution is -2.26. The van der Waals surface area contributed by atoms with Gasteiger partial charge in [0.15, 0.2) is 0 Å². The molecule has 8 heteroatoms. The fourth-order valence-corrected chi connectivity index (χ4v) is 4.15. The minimum atomic E-state index is -0.155. The van der Waals surface area contributed by atoms with E-state index in [1.165, 1.54) is 0 Å². The molecule has 0 atom stereocenters. The van der Waals surface area contributed by atoms with Crippen molar-refractivity contribution in [1.82, 2.24) is 24.5 Å². The summed E-state index contributed by atoms with van der Waals surface area (Å²) in [6, 6.07) is 7.88. The predicted molar refractivity (Wildman–Crippen MR) is 130 cm³/mol. The van der Waals surface area contributed by atoms with Crippen LogP contribution in [0.5, 0.6) is 5.88 Å². The molecule has 0 bridgehead atoms. The number of hydrogen-bond donors (Lipinski definition) is 0. The van der Waals surface area contributed by atoms with Crippen molar-refractivity contribution in [2.75, 3.05) is 0 Å². The summed E-state index contributed by atoms with van der Waals surface area (Å²) in [5.41, 5.74) is 4.62. The molecule has 0 aliphatic rings. The molecule has 0 aliphatic carbocycles. The number of aryl methyl sites for hydroxylation is 3. The quantitative estimate of drug-likeness (QED) is 0.398. The van der Waals surface area contributed by atoms with Crippen molar-refractivity contribution >= 4 is 11.3 Å². The molecular formula is C25H27N5O2S. The van der Waals surface area contributed by atoms with Crippen LogP contribution in [0.2, 0.25) is 0 Å². The molecule has 0 N–H and O–H groups in total. The van der Waals surface area contributed by atoms with Crippen molar-refractivity contribution < 1.29 is 4.74 Å². The molecule has 1 aromatic carbocycles. The van der Waals surface area contributed by atoms with Crippen LogP contribution in [0.3, 0.4) is 0 Å². The first-order valence-electron chi connectivity index (χ1n) is 10.8. The molecule has 0 unspecified atom stereocenters. The third-order valence-corrected chi connectivity index (χ3v) is 6.21. The van der Waals surface area contributed by atoms with E-state index in [0.29, 0.717) is 17.3 Å². The first-order valence-corrected chi connectivity index (χ1v) is 11.7. The van der Waals surface area contributed by atoms with Crippen molar-refractivity contribution in [3.05, 3.63) is 79.7 Å². The summed E-state index contributed by atoms with van der Waals surface area (Å²) in [4.78, 5) is 31.4. The lowest BCUT2D eigenvalue weighted by Gasteiger charge is -2.16. The molecule has 0 saturated heterocycles. The zero-order valence-corrected chi connectivity index (χ0v) is 20.5. The first-order chi connectivity index (χ1) is 15.7. The van der Waals surface area contributed by atoms with Crippen LogP contribution >= 0.6 is 11.3 Å². The van der Waals surface area contributed by atoms with Crippen LogP contribution in [-0.4, -0.2) is 24.5 Å². The van der Waals surface area contributed by atoms with Gasteiger partial charge >= 0.3 is 0 Å². The smallest absolute Gasteiger partial charge is 0.264 e. The summed E-state index contributed by atoms with van der Waals surface area (Å²) in [5, 5.41) is 2.93. The summed E-state index contributed by atoms with van der Waals surface area (Å²) in [6.45, 7) is 11.9. The molecule has 3 aromatic heterocycles. The van der Waals surface area contributed by atoms with Gasteiger partial charge in [-0.3, -0.25) is 9.36 Å². The highest BCUT2D eigenvalue weighted by atomic mass is 32.1. The molecule has 0 amide bonds. The second kappa shape index (κ2) is 9.23. The minimum Gasteiger partial charge on any atom is -0.471 e. The number of rotatable bonds is 6. The van der Waals surface area contributed by atoms with Crippen LogP contribution < -0.4 is 10.3 Å². The van der Waals surface area contributed by atoms with Crippen LogP contribution in [0.4, 0.5) is 0 Å². The van der Waals surface area contributed by atoms with E-state index >= 15 is 0 Å². The van der Waals surface area contributed by atoms with E-state index in [-0.39, 0.29) is 18.1 Å². The average molecular weight is 462 g/mol. The number of thiazole rings is 1. The van der Waals surface area contributed by atoms with Gasteiger partial charge < -0.3 is 4.74 Å². The lowest BCUT2D eigenvalue weighted by atomic mass is 10.1. The van der Waals surface area contributed by atoms with Gasteiger partial charge in [-0.1, -0.05) is 26.0 Å². The van der Waals surface area contributed by atoms with Gasteiger partial charge in [-0.2, -0.15) is 4.98 Å². The highest BCUT2D eigenvalue weighted by Crippen LogP contribution is 2.25. The SMILES string of the molecule is Cc1nc(COc2nc(C)n(-c3cc(-c4ccnc(C(C)C)n4)ccc3C)c(=O)c2C)cs1. The topological polar surface area (TPSA) is 82.8 Å². The van der Waals surface area contributed by atoms with Crippen molar-refractivity contribution in [2.45, 2.75) is 54.1 Å². The summed E-state index contributed by atoms with van der Waals surface area (Å²) >= 11 is 1.57. The van der Waals surface area contributed by atoms with Gasteiger partial charge in [-0.15, -0.1) is 11.3 Å². The number of nitrogens with zero attached hydrogens (tertiary/aromatic N) is 5. The Hall–Kier alpha value is -3.39. The number of benzene rings is 1. The molecule has 3 heterocycles. The van der Waals surface area contributed by atoms with Crippen molar-refractivity contribution in [2.24, 2.45) is 0 Å². The molecule has 7 nitrogen and oxygen atoms in total. The molecule has 0 aliphatic heterocycles. The minimum absolute atomic E-state index is 0.155. The second-order valence-electron chi connectivity index (χ2n) is 8.33. The summed E-state index contributed by atoms with van der Waals surface area (Å²) < 4.78 is 7.49. The van der Waals surface area contributed by atoms with E-state index in [1.807, 2.05) is 50.4 Å². The molecule has 0 fully saturated rings. The first kappa shape index (κ1) is 22.8. The highest BCUT2D eigenvalue weighted by molar-refractivity contribution is 7.09. The van der Waals surface area contributed by atoms with Crippen LogP contribution in [-0.2, 0) is 6.61 Å². The Bertz CT molecular complexity index is 1370. The van der Waals surface area contributed by atoms with E-state index in [9.17, 15) is 4.79 Å². The summed E-state index contributed by atoms with van der Waals surface area (Å²) in [7, 11) is 0. The Morgan fingerprint density at radius 2 is 1.85 bits per heavy atom. The normalized spacial score (nSPS) is 11.2. The molecule has 170 valence electrons. The van der Waals surface area contributed by atoms with Gasteiger partial charge in [0.1, 0.15) is 18.3 Å². The maximum absolute atomic E-state index is 13.4. The summed E-state index contributed by atoms with van der Waals surface area (Å²) in [5.74, 6) is 1.91. The van der Waals surface area contributed by atoms with Gasteiger partial charge in [-0.25, -0.2) is 15.0 Å². The van der Waals surface area contributed by atoms with Crippen LogP contribution in [0.25, 0.3) is 16.9 Å². The fraction of sp³-hybridized carbons (Fsp3) is 0.320. The van der Waals surface area contributed by atoms with E-state index in [2.05, 4.69) is 28.8 Å². The number of hydrogen-bond acceptors (Lipinski definition) is 7. The molecule has 0 radical (unpaired) electrons. The van der Waals surface area contributed by atoms with Gasteiger partial charge in [-0.05, 0) is 45.4 Å². The molecule has 4 aromatic rings. The summed E-state index contributed by atoms with van der Waals surface area (Å²) in [6.07, 6.45) is 1.77. The maximum Gasteiger partial charge on any atom is 0.264 e. The van der Waals surface area contributed by atoms with Gasteiger partial charge in [0.05, 0.1) is 27.6 Å². The van der Waals surface area contributed by atoms with Crippen molar-refractivity contribution in [1.29, 1.82) is 0 Å². The maximum atomic E-state index is 13.4. The molecule has 0 spiro atoms. The molecule has 33 heavy (non-hydrogen) atoms. The molecule has 4 rings (SSSR count). The lowest BCUT2D eigenvalue weighted by molar-refractivity contribution is 0.285. The van der Waals surface area contributed by atoms with Crippen LogP contribution in [0, 0.1) is 27.7 Å². The zero-order chi connectivity index (χ0) is 23.7. The van der Waals surface area contributed by atoms with E-state index in [1.54, 1.807) is 29.0 Å². The molecule has 0 saturated carbocycles.